The van der Waals surface area contributed by atoms with Crippen LogP contribution < -0.4 is 10.5 Å². The third kappa shape index (κ3) is 2.80. The summed E-state index contributed by atoms with van der Waals surface area (Å²) in [5.74, 6) is -0.678. The molecule has 0 amide bonds. The van der Waals surface area contributed by atoms with Crippen LogP contribution in [0.4, 0.5) is 10.1 Å². The molecule has 5 nitrogen and oxygen atoms in total. The van der Waals surface area contributed by atoms with Crippen molar-refractivity contribution in [1.29, 1.82) is 0 Å². The van der Waals surface area contributed by atoms with Crippen molar-refractivity contribution in [3.05, 3.63) is 24.0 Å². The zero-order valence-electron chi connectivity index (χ0n) is 9.94. The molecule has 1 aromatic rings. The van der Waals surface area contributed by atoms with Gasteiger partial charge in [-0.05, 0) is 31.5 Å². The Morgan fingerprint density at radius 1 is 1.44 bits per heavy atom. The maximum absolute atomic E-state index is 13.2. The molecule has 1 aliphatic rings. The van der Waals surface area contributed by atoms with Gasteiger partial charge in [-0.15, -0.1) is 0 Å². The minimum atomic E-state index is -3.80. The van der Waals surface area contributed by atoms with Gasteiger partial charge in [-0.3, -0.25) is 0 Å². The maximum atomic E-state index is 13.2. The van der Waals surface area contributed by atoms with Crippen LogP contribution in [0.1, 0.15) is 13.3 Å². The molecule has 0 spiro atoms. The first kappa shape index (κ1) is 13.3. The normalized spacial score (nSPS) is 24.3. The average Bonchev–Trinajstić information content (AvgIpc) is 2.62. The molecule has 1 aliphatic heterocycles. The summed E-state index contributed by atoms with van der Waals surface area (Å²) in [5, 5.41) is 0. The summed E-state index contributed by atoms with van der Waals surface area (Å²) in [7, 11) is -3.80. The van der Waals surface area contributed by atoms with E-state index in [1.165, 1.54) is 6.07 Å². The highest BCUT2D eigenvalue weighted by atomic mass is 32.2. The molecule has 1 unspecified atom stereocenters. The molecular formula is C11H15FN2O3S. The second-order valence-electron chi connectivity index (χ2n) is 4.69. The Bertz CT molecular complexity index is 533. The summed E-state index contributed by atoms with van der Waals surface area (Å²) in [6.45, 7) is 2.56. The number of halogens is 1. The van der Waals surface area contributed by atoms with E-state index >= 15 is 0 Å². The van der Waals surface area contributed by atoms with Crippen LogP contribution in [0.15, 0.2) is 23.1 Å². The Kier molecular flexibility index (Phi) is 3.31. The zero-order valence-corrected chi connectivity index (χ0v) is 10.8. The van der Waals surface area contributed by atoms with Crippen LogP contribution in [-0.4, -0.2) is 27.2 Å². The third-order valence-electron chi connectivity index (χ3n) is 2.80. The molecule has 1 atom stereocenters. The lowest BCUT2D eigenvalue weighted by Crippen LogP contribution is -2.46. The van der Waals surface area contributed by atoms with Crippen molar-refractivity contribution in [2.24, 2.45) is 0 Å². The largest absolute Gasteiger partial charge is 0.399 e. The van der Waals surface area contributed by atoms with Crippen molar-refractivity contribution in [2.75, 3.05) is 18.9 Å². The van der Waals surface area contributed by atoms with Crippen molar-refractivity contribution in [3.8, 4) is 0 Å². The molecule has 2 rings (SSSR count). The lowest BCUT2D eigenvalue weighted by atomic mass is 10.0. The van der Waals surface area contributed by atoms with Gasteiger partial charge in [0.1, 0.15) is 5.82 Å². The topological polar surface area (TPSA) is 81.4 Å². The quantitative estimate of drug-likeness (QED) is 0.801. The van der Waals surface area contributed by atoms with Crippen molar-refractivity contribution < 1.29 is 17.5 Å². The van der Waals surface area contributed by atoms with Gasteiger partial charge in [0.25, 0.3) is 0 Å². The standard InChI is InChI=1S/C11H15FN2O3S/c1-11(2-3-17-7-11)14-18(15,16)10-5-8(12)4-9(13)6-10/h4-6,14H,2-3,7,13H2,1H3. The van der Waals surface area contributed by atoms with E-state index in [0.717, 1.165) is 12.1 Å². The summed E-state index contributed by atoms with van der Waals surface area (Å²) in [4.78, 5) is -0.173. The van der Waals surface area contributed by atoms with E-state index in [1.54, 1.807) is 6.92 Å². The van der Waals surface area contributed by atoms with Gasteiger partial charge >= 0.3 is 0 Å². The van der Waals surface area contributed by atoms with Crippen LogP contribution in [0.2, 0.25) is 0 Å². The number of hydrogen-bond donors (Lipinski definition) is 2. The Morgan fingerprint density at radius 2 is 2.17 bits per heavy atom. The van der Waals surface area contributed by atoms with E-state index in [-0.39, 0.29) is 10.6 Å². The van der Waals surface area contributed by atoms with Gasteiger partial charge in [-0.2, -0.15) is 0 Å². The Labute approximate surface area is 105 Å². The fraction of sp³-hybridized carbons (Fsp3) is 0.455. The number of sulfonamides is 1. The van der Waals surface area contributed by atoms with Crippen molar-refractivity contribution in [1.82, 2.24) is 4.72 Å². The molecule has 18 heavy (non-hydrogen) atoms. The number of ether oxygens (including phenoxy) is 1. The number of nitrogens with one attached hydrogen (secondary N) is 1. The van der Waals surface area contributed by atoms with Gasteiger partial charge in [0.05, 0.1) is 17.0 Å². The minimum Gasteiger partial charge on any atom is -0.399 e. The third-order valence-corrected chi connectivity index (χ3v) is 4.42. The van der Waals surface area contributed by atoms with Crippen molar-refractivity contribution in [3.63, 3.8) is 0 Å². The lowest BCUT2D eigenvalue weighted by molar-refractivity contribution is 0.178. The molecule has 7 heteroatoms. The molecule has 0 aliphatic carbocycles. The van der Waals surface area contributed by atoms with Crippen LogP contribution in [0.25, 0.3) is 0 Å². The number of rotatable bonds is 3. The molecular weight excluding hydrogens is 259 g/mol. The lowest BCUT2D eigenvalue weighted by Gasteiger charge is -2.23. The Balaban J connectivity index is 2.30. The van der Waals surface area contributed by atoms with Gasteiger partial charge in [0, 0.05) is 12.3 Å². The zero-order chi connectivity index (χ0) is 13.4. The highest BCUT2D eigenvalue weighted by Crippen LogP contribution is 2.22. The molecule has 0 bridgehead atoms. The molecule has 1 fully saturated rings. The average molecular weight is 274 g/mol. The second-order valence-corrected chi connectivity index (χ2v) is 6.37. The van der Waals surface area contributed by atoms with Crippen LogP contribution >= 0.6 is 0 Å². The van der Waals surface area contributed by atoms with Crippen molar-refractivity contribution >= 4 is 15.7 Å². The van der Waals surface area contributed by atoms with Crippen molar-refractivity contribution in [2.45, 2.75) is 23.8 Å². The Hall–Kier alpha value is -1.18. The molecule has 3 N–H and O–H groups in total. The predicted octanol–water partition coefficient (Wildman–Crippen LogP) is 0.865. The summed E-state index contributed by atoms with van der Waals surface area (Å²) < 4.78 is 45.1. The fourth-order valence-electron chi connectivity index (χ4n) is 1.87. The molecule has 0 radical (unpaired) electrons. The summed E-state index contributed by atoms with van der Waals surface area (Å²) in [6.07, 6.45) is 0.580. The summed E-state index contributed by atoms with van der Waals surface area (Å²) in [5.41, 5.74) is 4.86. The van der Waals surface area contributed by atoms with Crippen LogP contribution in [0.5, 0.6) is 0 Å². The van der Waals surface area contributed by atoms with E-state index in [1.807, 2.05) is 0 Å². The highest BCUT2D eigenvalue weighted by Gasteiger charge is 2.34. The molecule has 0 saturated carbocycles. The number of hydrogen-bond acceptors (Lipinski definition) is 4. The number of nitrogen functional groups attached to an aromatic ring is 1. The first-order valence-corrected chi connectivity index (χ1v) is 6.97. The van der Waals surface area contributed by atoms with Gasteiger partial charge in [-0.25, -0.2) is 17.5 Å². The van der Waals surface area contributed by atoms with Gasteiger partial charge in [0.2, 0.25) is 10.0 Å². The van der Waals surface area contributed by atoms with E-state index in [4.69, 9.17) is 10.5 Å². The second kappa shape index (κ2) is 4.49. The molecule has 1 saturated heterocycles. The van der Waals surface area contributed by atoms with Gasteiger partial charge in [-0.1, -0.05) is 0 Å². The first-order valence-electron chi connectivity index (χ1n) is 5.49. The monoisotopic (exact) mass is 274 g/mol. The predicted molar refractivity (Wildman–Crippen MR) is 65.0 cm³/mol. The van der Waals surface area contributed by atoms with Crippen LogP contribution in [-0.2, 0) is 14.8 Å². The highest BCUT2D eigenvalue weighted by molar-refractivity contribution is 7.89. The van der Waals surface area contributed by atoms with E-state index in [9.17, 15) is 12.8 Å². The number of benzene rings is 1. The molecule has 0 aromatic heterocycles. The smallest absolute Gasteiger partial charge is 0.241 e. The minimum absolute atomic E-state index is 0.0724. The molecule has 100 valence electrons. The summed E-state index contributed by atoms with van der Waals surface area (Å²) >= 11 is 0. The van der Waals surface area contributed by atoms with E-state index in [0.29, 0.717) is 19.6 Å². The first-order chi connectivity index (χ1) is 8.31. The maximum Gasteiger partial charge on any atom is 0.241 e. The van der Waals surface area contributed by atoms with Crippen LogP contribution in [0, 0.1) is 5.82 Å². The van der Waals surface area contributed by atoms with E-state index in [2.05, 4.69) is 4.72 Å². The SMILES string of the molecule is CC1(NS(=O)(=O)c2cc(N)cc(F)c2)CCOC1. The summed E-state index contributed by atoms with van der Waals surface area (Å²) in [6, 6.07) is 3.24. The molecule has 1 aromatic carbocycles. The van der Waals surface area contributed by atoms with Crippen LogP contribution in [0.3, 0.4) is 0 Å². The van der Waals surface area contributed by atoms with Gasteiger partial charge < -0.3 is 10.5 Å². The van der Waals surface area contributed by atoms with Gasteiger partial charge in [0.15, 0.2) is 0 Å². The number of nitrogens with two attached hydrogens (primary N) is 1. The fourth-order valence-corrected chi connectivity index (χ4v) is 3.36. The number of anilines is 1. The Morgan fingerprint density at radius 3 is 2.72 bits per heavy atom. The molecule has 1 heterocycles. The van der Waals surface area contributed by atoms with E-state index < -0.39 is 21.4 Å².